The number of hydrogen-bond acceptors (Lipinski definition) is 1. The zero-order valence-corrected chi connectivity index (χ0v) is 10.9. The van der Waals surface area contributed by atoms with E-state index in [1.54, 1.807) is 0 Å². The van der Waals surface area contributed by atoms with Crippen molar-refractivity contribution in [3.63, 3.8) is 0 Å². The van der Waals surface area contributed by atoms with Gasteiger partial charge in [-0.05, 0) is 33.1 Å². The quantitative estimate of drug-likeness (QED) is 0.546. The molecule has 2 unspecified atom stereocenters. The highest BCUT2D eigenvalue weighted by Gasteiger charge is 2.16. The molecule has 1 nitrogen and oxygen atoms in total. The first-order valence-corrected chi connectivity index (χ1v) is 6.12. The van der Waals surface area contributed by atoms with Crippen molar-refractivity contribution >= 4 is 0 Å². The van der Waals surface area contributed by atoms with Crippen LogP contribution in [-0.4, -0.2) is 23.5 Å². The highest BCUT2D eigenvalue weighted by atomic mass is 15.2. The lowest BCUT2D eigenvalue weighted by atomic mass is 10.1. The molecule has 0 spiro atoms. The Morgan fingerprint density at radius 1 is 1.20 bits per heavy atom. The van der Waals surface area contributed by atoms with Crippen LogP contribution in [0.15, 0.2) is 24.8 Å². The maximum absolute atomic E-state index is 3.97. The van der Waals surface area contributed by atoms with Crippen molar-refractivity contribution in [2.45, 2.75) is 59.0 Å². The Bertz CT molecular complexity index is 186. The largest absolute Gasteiger partial charge is 0.298 e. The molecule has 0 aromatic rings. The first kappa shape index (κ1) is 14.4. The van der Waals surface area contributed by atoms with Gasteiger partial charge < -0.3 is 0 Å². The van der Waals surface area contributed by atoms with Gasteiger partial charge in [-0.2, -0.15) is 0 Å². The second-order valence-corrected chi connectivity index (χ2v) is 4.36. The van der Waals surface area contributed by atoms with Crippen LogP contribution < -0.4 is 0 Å². The van der Waals surface area contributed by atoms with Crippen LogP contribution in [0.1, 0.15) is 47.0 Å². The Morgan fingerprint density at radius 2 is 1.67 bits per heavy atom. The first-order chi connectivity index (χ1) is 7.06. The van der Waals surface area contributed by atoms with Gasteiger partial charge in [0.25, 0.3) is 0 Å². The van der Waals surface area contributed by atoms with E-state index in [4.69, 9.17) is 0 Å². The molecule has 2 atom stereocenters. The Morgan fingerprint density at radius 3 is 2.00 bits per heavy atom. The number of hydrogen-bond donors (Lipinski definition) is 0. The van der Waals surface area contributed by atoms with Crippen LogP contribution in [0.2, 0.25) is 0 Å². The van der Waals surface area contributed by atoms with Crippen molar-refractivity contribution in [3.8, 4) is 0 Å². The fraction of sp³-hybridized carbons (Fsp3) is 0.714. The molecule has 0 aliphatic heterocycles. The van der Waals surface area contributed by atoms with Crippen molar-refractivity contribution in [1.29, 1.82) is 0 Å². The van der Waals surface area contributed by atoms with Crippen LogP contribution >= 0.6 is 0 Å². The zero-order valence-electron chi connectivity index (χ0n) is 10.9. The summed E-state index contributed by atoms with van der Waals surface area (Å²) in [4.78, 5) is 2.58. The van der Waals surface area contributed by atoms with Crippen LogP contribution in [0.3, 0.4) is 0 Å². The number of nitrogens with zero attached hydrogens (tertiary/aromatic N) is 1. The Kier molecular flexibility index (Phi) is 7.41. The SMILES string of the molecule is C=CC(=C)CCN(C(C)CC)C(C)CC. The molecule has 0 aromatic heterocycles. The summed E-state index contributed by atoms with van der Waals surface area (Å²) in [6.07, 6.45) is 5.33. The van der Waals surface area contributed by atoms with E-state index in [0.717, 1.165) is 18.5 Å². The van der Waals surface area contributed by atoms with E-state index in [9.17, 15) is 0 Å². The predicted molar refractivity (Wildman–Crippen MR) is 70.2 cm³/mol. The summed E-state index contributed by atoms with van der Waals surface area (Å²) in [7, 11) is 0. The van der Waals surface area contributed by atoms with Crippen molar-refractivity contribution < 1.29 is 0 Å². The van der Waals surface area contributed by atoms with Gasteiger partial charge in [0.15, 0.2) is 0 Å². The van der Waals surface area contributed by atoms with Crippen LogP contribution in [-0.2, 0) is 0 Å². The standard InChI is InChI=1S/C14H27N/c1-7-12(4)10-11-15(13(5)8-2)14(6)9-3/h7,13-14H,1,4,8-11H2,2-3,5-6H3. The van der Waals surface area contributed by atoms with Gasteiger partial charge in [0, 0.05) is 18.6 Å². The average molecular weight is 209 g/mol. The highest BCUT2D eigenvalue weighted by Crippen LogP contribution is 2.13. The molecule has 0 saturated carbocycles. The molecular formula is C14H27N. The molecule has 1 heteroatoms. The van der Waals surface area contributed by atoms with Crippen LogP contribution in [0.4, 0.5) is 0 Å². The normalized spacial score (nSPS) is 15.0. The van der Waals surface area contributed by atoms with Gasteiger partial charge in [-0.25, -0.2) is 0 Å². The summed E-state index contributed by atoms with van der Waals surface area (Å²) in [6, 6.07) is 1.33. The Balaban J connectivity index is 4.24. The van der Waals surface area contributed by atoms with E-state index in [1.165, 1.54) is 12.8 Å². The lowest BCUT2D eigenvalue weighted by Crippen LogP contribution is -2.40. The summed E-state index contributed by atoms with van der Waals surface area (Å²) in [5.74, 6) is 0. The van der Waals surface area contributed by atoms with E-state index in [-0.39, 0.29) is 0 Å². The molecule has 0 bridgehead atoms. The molecule has 0 heterocycles. The molecule has 0 amide bonds. The maximum atomic E-state index is 3.97. The van der Waals surface area contributed by atoms with Gasteiger partial charge in [-0.3, -0.25) is 4.90 Å². The smallest absolute Gasteiger partial charge is 0.00672 e. The third-order valence-corrected chi connectivity index (χ3v) is 3.29. The van der Waals surface area contributed by atoms with E-state index in [2.05, 4.69) is 45.8 Å². The summed E-state index contributed by atoms with van der Waals surface area (Å²) in [5, 5.41) is 0. The van der Waals surface area contributed by atoms with Crippen molar-refractivity contribution in [3.05, 3.63) is 24.8 Å². The minimum atomic E-state index is 0.664. The van der Waals surface area contributed by atoms with Crippen molar-refractivity contribution in [2.24, 2.45) is 0 Å². The highest BCUT2D eigenvalue weighted by molar-refractivity contribution is 5.10. The Hall–Kier alpha value is -0.560. The van der Waals surface area contributed by atoms with Crippen LogP contribution in [0.5, 0.6) is 0 Å². The van der Waals surface area contributed by atoms with Gasteiger partial charge in [0.05, 0.1) is 0 Å². The number of rotatable bonds is 8. The van der Waals surface area contributed by atoms with Gasteiger partial charge >= 0.3 is 0 Å². The molecule has 0 N–H and O–H groups in total. The van der Waals surface area contributed by atoms with Crippen LogP contribution in [0, 0.1) is 0 Å². The van der Waals surface area contributed by atoms with E-state index < -0.39 is 0 Å². The van der Waals surface area contributed by atoms with E-state index >= 15 is 0 Å². The van der Waals surface area contributed by atoms with Gasteiger partial charge in [-0.15, -0.1) is 0 Å². The third-order valence-electron chi connectivity index (χ3n) is 3.29. The lowest BCUT2D eigenvalue weighted by Gasteiger charge is -2.33. The zero-order chi connectivity index (χ0) is 11.8. The minimum absolute atomic E-state index is 0.664. The fourth-order valence-corrected chi connectivity index (χ4v) is 1.72. The molecule has 0 aliphatic rings. The Labute approximate surface area is 95.9 Å². The second kappa shape index (κ2) is 7.70. The fourth-order valence-electron chi connectivity index (χ4n) is 1.72. The molecule has 0 rings (SSSR count). The van der Waals surface area contributed by atoms with Crippen molar-refractivity contribution in [1.82, 2.24) is 4.90 Å². The van der Waals surface area contributed by atoms with Gasteiger partial charge in [0.2, 0.25) is 0 Å². The second-order valence-electron chi connectivity index (χ2n) is 4.36. The molecular weight excluding hydrogens is 182 g/mol. The van der Waals surface area contributed by atoms with Gasteiger partial charge in [0.1, 0.15) is 0 Å². The number of allylic oxidation sites excluding steroid dienone is 1. The molecule has 15 heavy (non-hydrogen) atoms. The average Bonchev–Trinajstić information content (AvgIpc) is 2.27. The van der Waals surface area contributed by atoms with Crippen LogP contribution in [0.25, 0.3) is 0 Å². The predicted octanol–water partition coefficient (Wildman–Crippen LogP) is 4.02. The molecule has 0 saturated heterocycles. The van der Waals surface area contributed by atoms with Crippen molar-refractivity contribution in [2.75, 3.05) is 6.54 Å². The summed E-state index contributed by atoms with van der Waals surface area (Å²) in [6.45, 7) is 17.9. The molecule has 0 aromatic carbocycles. The monoisotopic (exact) mass is 209 g/mol. The minimum Gasteiger partial charge on any atom is -0.298 e. The van der Waals surface area contributed by atoms with E-state index in [0.29, 0.717) is 12.1 Å². The first-order valence-electron chi connectivity index (χ1n) is 6.12. The third kappa shape index (κ3) is 5.17. The molecule has 0 fully saturated rings. The molecule has 0 aliphatic carbocycles. The summed E-state index contributed by atoms with van der Waals surface area (Å²) >= 11 is 0. The summed E-state index contributed by atoms with van der Waals surface area (Å²) in [5.41, 5.74) is 1.15. The molecule has 0 radical (unpaired) electrons. The lowest BCUT2D eigenvalue weighted by molar-refractivity contribution is 0.148. The summed E-state index contributed by atoms with van der Waals surface area (Å²) < 4.78 is 0. The molecule has 88 valence electrons. The van der Waals surface area contributed by atoms with Gasteiger partial charge in [-0.1, -0.05) is 38.7 Å². The topological polar surface area (TPSA) is 3.24 Å². The van der Waals surface area contributed by atoms with E-state index in [1.807, 2.05) is 6.08 Å². The maximum Gasteiger partial charge on any atom is 0.00672 e.